The molecule has 5 aromatic rings. The van der Waals surface area contributed by atoms with Crippen molar-refractivity contribution in [2.24, 2.45) is 7.05 Å². The molecule has 0 spiro atoms. The van der Waals surface area contributed by atoms with Crippen LogP contribution in [-0.2, 0) is 7.05 Å². The molecule has 0 aliphatic rings. The van der Waals surface area contributed by atoms with Gasteiger partial charge in [-0.3, -0.25) is 0 Å². The molecule has 2 aromatic heterocycles. The summed E-state index contributed by atoms with van der Waals surface area (Å²) in [6.07, 6.45) is 0. The van der Waals surface area contributed by atoms with Gasteiger partial charge in [0, 0.05) is 0 Å². The van der Waals surface area contributed by atoms with Gasteiger partial charge in [0.1, 0.15) is 0 Å². The zero-order valence-corrected chi connectivity index (χ0v) is 16.0. The van der Waals surface area contributed by atoms with Crippen molar-refractivity contribution in [1.29, 1.82) is 0 Å². The third-order valence-corrected chi connectivity index (χ3v) is 7.55. The second-order valence-electron chi connectivity index (χ2n) is 6.54. The van der Waals surface area contributed by atoms with E-state index in [0.29, 0.717) is 14.5 Å². The van der Waals surface area contributed by atoms with Gasteiger partial charge in [0.15, 0.2) is 0 Å². The Bertz CT molecular complexity index is 1260. The third kappa shape index (κ3) is 2.11. The first kappa shape index (κ1) is 14.9. The van der Waals surface area contributed by atoms with Crippen LogP contribution in [0.5, 0.6) is 0 Å². The first-order valence-electron chi connectivity index (χ1n) is 8.53. The van der Waals surface area contributed by atoms with Gasteiger partial charge < -0.3 is 0 Å². The van der Waals surface area contributed by atoms with Crippen LogP contribution in [0.4, 0.5) is 0 Å². The molecule has 0 amide bonds. The summed E-state index contributed by atoms with van der Waals surface area (Å²) in [5.74, 6) is 0. The van der Waals surface area contributed by atoms with E-state index in [1.807, 2.05) is 0 Å². The van der Waals surface area contributed by atoms with Crippen molar-refractivity contribution >= 4 is 44.7 Å². The molecule has 1 nitrogen and oxygen atoms in total. The van der Waals surface area contributed by atoms with Crippen molar-refractivity contribution in [3.63, 3.8) is 0 Å². The number of aryl methyl sites for hydroxylation is 2. The molecule has 5 rings (SSSR count). The number of aromatic nitrogens is 1. The zero-order valence-electron chi connectivity index (χ0n) is 14.3. The van der Waals surface area contributed by atoms with Gasteiger partial charge in [0.2, 0.25) is 0 Å². The van der Waals surface area contributed by atoms with Gasteiger partial charge in [0.25, 0.3) is 0 Å². The fourth-order valence-electron chi connectivity index (χ4n) is 3.87. The summed E-state index contributed by atoms with van der Waals surface area (Å²) in [7, 11) is 2.21. The van der Waals surface area contributed by atoms with Crippen LogP contribution >= 0.6 is 0 Å². The number of hydrogen-bond donors (Lipinski definition) is 0. The molecule has 0 aliphatic carbocycles. The third-order valence-electron chi connectivity index (χ3n) is 5.08. The number of hydrogen-bond acceptors (Lipinski definition) is 0. The molecule has 3 aromatic carbocycles. The van der Waals surface area contributed by atoms with E-state index < -0.39 is 0 Å². The van der Waals surface area contributed by atoms with E-state index >= 15 is 0 Å². The molecule has 2 heterocycles. The van der Waals surface area contributed by atoms with Crippen molar-refractivity contribution < 1.29 is 4.57 Å². The number of nitrogens with zero attached hydrogens (tertiary/aromatic N) is 1. The number of fused-ring (bicyclic) bond motifs is 5. The van der Waals surface area contributed by atoms with Gasteiger partial charge in [-0.1, -0.05) is 0 Å². The molecule has 0 bridgehead atoms. The molecule has 0 radical (unpaired) electrons. The molecular formula is C23H18NSe+. The first-order valence-corrected chi connectivity index (χ1v) is 10.2. The van der Waals surface area contributed by atoms with Crippen LogP contribution in [0, 0.1) is 6.92 Å². The number of rotatable bonds is 1. The van der Waals surface area contributed by atoms with E-state index in [0.717, 1.165) is 0 Å². The van der Waals surface area contributed by atoms with E-state index in [-0.39, 0.29) is 0 Å². The summed E-state index contributed by atoms with van der Waals surface area (Å²) in [4.78, 5) is 0. The van der Waals surface area contributed by atoms with Crippen LogP contribution in [0.15, 0.2) is 72.8 Å². The van der Waals surface area contributed by atoms with Gasteiger partial charge in [-0.25, -0.2) is 0 Å². The Labute approximate surface area is 152 Å². The summed E-state index contributed by atoms with van der Waals surface area (Å²) in [5, 5.41) is 4.23. The number of benzene rings is 3. The van der Waals surface area contributed by atoms with Gasteiger partial charge >= 0.3 is 153 Å². The predicted octanol–water partition coefficient (Wildman–Crippen LogP) is 5.00. The maximum absolute atomic E-state index is 2.39. The average molecular weight is 387 g/mol. The molecule has 0 aliphatic heterocycles. The van der Waals surface area contributed by atoms with Crippen molar-refractivity contribution in [2.75, 3.05) is 0 Å². The van der Waals surface area contributed by atoms with Crippen LogP contribution in [0.2, 0.25) is 0 Å². The maximum atomic E-state index is 2.39. The predicted molar refractivity (Wildman–Crippen MR) is 107 cm³/mol. The Hall–Kier alpha value is -2.41. The SMILES string of the molecule is Cc1ccccc1-c1c2[se]c3ccccc3c2c2ccccc2[n+]1C. The number of pyridine rings is 1. The van der Waals surface area contributed by atoms with Crippen LogP contribution in [0.3, 0.4) is 0 Å². The summed E-state index contributed by atoms with van der Waals surface area (Å²) < 4.78 is 5.41. The first-order chi connectivity index (χ1) is 12.3. The monoisotopic (exact) mass is 388 g/mol. The van der Waals surface area contributed by atoms with Crippen molar-refractivity contribution in [3.05, 3.63) is 78.4 Å². The Morgan fingerprint density at radius 1 is 0.760 bits per heavy atom. The normalized spacial score (nSPS) is 11.6. The Morgan fingerprint density at radius 2 is 1.44 bits per heavy atom. The topological polar surface area (TPSA) is 3.88 Å². The standard InChI is InChI=1S/C23H18NSe/c1-15-9-3-4-10-16(15)22-23-21(18-12-6-8-14-20(18)25-23)17-11-5-7-13-19(17)24(22)2/h3-14H,1-2H3/q+1. The van der Waals surface area contributed by atoms with Gasteiger partial charge in [-0.05, 0) is 0 Å². The zero-order chi connectivity index (χ0) is 17.0. The van der Waals surface area contributed by atoms with E-state index in [1.54, 1.807) is 0 Å². The van der Waals surface area contributed by atoms with E-state index in [4.69, 9.17) is 0 Å². The second-order valence-corrected chi connectivity index (χ2v) is 8.75. The Kier molecular flexibility index (Phi) is 3.31. The van der Waals surface area contributed by atoms with Crippen LogP contribution < -0.4 is 4.57 Å². The molecule has 2 heteroatoms. The second kappa shape index (κ2) is 5.56. The Balaban J connectivity index is 2.10. The fourth-order valence-corrected chi connectivity index (χ4v) is 6.62. The van der Waals surface area contributed by atoms with Gasteiger partial charge in [-0.15, -0.1) is 0 Å². The van der Waals surface area contributed by atoms with Gasteiger partial charge in [-0.2, -0.15) is 0 Å². The minimum absolute atomic E-state index is 0.339. The molecular weight excluding hydrogens is 369 g/mol. The van der Waals surface area contributed by atoms with Crippen LogP contribution in [0.25, 0.3) is 41.5 Å². The molecule has 25 heavy (non-hydrogen) atoms. The summed E-state index contributed by atoms with van der Waals surface area (Å²) in [5.41, 5.74) is 5.36. The average Bonchev–Trinajstić information content (AvgIpc) is 3.02. The van der Waals surface area contributed by atoms with E-state index in [2.05, 4.69) is 91.3 Å². The molecule has 0 unspecified atom stereocenters. The summed E-state index contributed by atoms with van der Waals surface area (Å²) in [6, 6.07) is 26.5. The van der Waals surface area contributed by atoms with Crippen molar-refractivity contribution in [1.82, 2.24) is 0 Å². The van der Waals surface area contributed by atoms with Crippen LogP contribution in [0.1, 0.15) is 5.56 Å². The summed E-state index contributed by atoms with van der Waals surface area (Å²) in [6.45, 7) is 2.21. The van der Waals surface area contributed by atoms with Crippen molar-refractivity contribution in [2.45, 2.75) is 6.92 Å². The molecule has 0 atom stereocenters. The molecule has 120 valence electrons. The number of para-hydroxylation sites is 1. The summed E-state index contributed by atoms with van der Waals surface area (Å²) >= 11 is 0.339. The molecule has 0 N–H and O–H groups in total. The fraction of sp³-hybridized carbons (Fsp3) is 0.0870. The quantitative estimate of drug-likeness (QED) is 0.281. The van der Waals surface area contributed by atoms with E-state index in [1.165, 1.54) is 47.0 Å². The van der Waals surface area contributed by atoms with Crippen molar-refractivity contribution in [3.8, 4) is 11.3 Å². The van der Waals surface area contributed by atoms with Gasteiger partial charge in [0.05, 0.1) is 0 Å². The molecule has 0 saturated heterocycles. The minimum atomic E-state index is 0.339. The molecule has 0 saturated carbocycles. The van der Waals surface area contributed by atoms with Crippen LogP contribution in [-0.4, -0.2) is 14.5 Å². The molecule has 0 fully saturated rings. The van der Waals surface area contributed by atoms with E-state index in [9.17, 15) is 0 Å². The Morgan fingerprint density at radius 3 is 2.28 bits per heavy atom.